The molecule has 0 aliphatic carbocycles. The number of hydrogen-bond acceptors (Lipinski definition) is 11. The summed E-state index contributed by atoms with van der Waals surface area (Å²) >= 11 is 2.70. The van der Waals surface area contributed by atoms with Gasteiger partial charge in [0, 0.05) is 25.0 Å². The van der Waals surface area contributed by atoms with Crippen LogP contribution in [0.5, 0.6) is 5.75 Å². The van der Waals surface area contributed by atoms with Gasteiger partial charge in [-0.05, 0) is 60.2 Å². The smallest absolute Gasteiger partial charge is 0.356 e. The third-order valence-electron chi connectivity index (χ3n) is 9.90. The first kappa shape index (κ1) is 42.1. The number of aromatic nitrogens is 2. The van der Waals surface area contributed by atoms with E-state index in [1.807, 2.05) is 110 Å². The summed E-state index contributed by atoms with van der Waals surface area (Å²) in [6, 6.07) is 38.1. The van der Waals surface area contributed by atoms with E-state index in [4.69, 9.17) is 13.9 Å². The quantitative estimate of drug-likeness (QED) is 0.0366. The minimum Gasteiger partial charge on any atom is -0.497 e. The van der Waals surface area contributed by atoms with Crippen LogP contribution in [0.2, 0.25) is 19.6 Å². The second-order valence-corrected chi connectivity index (χ2v) is 24.6. The third kappa shape index (κ3) is 9.28. The molecule has 1 aliphatic rings. The molecular weight excluding hydrogens is 792 g/mol. The summed E-state index contributed by atoms with van der Waals surface area (Å²) in [5.41, 5.74) is 2.54. The van der Waals surface area contributed by atoms with Crippen molar-refractivity contribution in [1.82, 2.24) is 15.1 Å². The van der Waals surface area contributed by atoms with E-state index in [-0.39, 0.29) is 30.1 Å². The highest BCUT2D eigenvalue weighted by Gasteiger charge is 2.59. The molecule has 1 N–H and O–H groups in total. The summed E-state index contributed by atoms with van der Waals surface area (Å²) in [4.78, 5) is 32.3. The average Bonchev–Trinajstić information content (AvgIpc) is 3.75. The third-order valence-corrected chi connectivity index (χ3v) is 17.2. The van der Waals surface area contributed by atoms with Gasteiger partial charge < -0.3 is 23.9 Å². The normalized spacial score (nSPS) is 17.1. The number of aliphatic hydroxyl groups excluding tert-OH is 1. The molecule has 0 saturated carbocycles. The van der Waals surface area contributed by atoms with E-state index in [9.17, 15) is 10.4 Å². The predicted molar refractivity (Wildman–Crippen MR) is 231 cm³/mol. The minimum atomic E-state index is -3.28. The van der Waals surface area contributed by atoms with Crippen LogP contribution >= 0.6 is 30.0 Å². The number of amides is 1. The van der Waals surface area contributed by atoms with Crippen molar-refractivity contribution in [2.45, 2.75) is 62.2 Å². The SMILES string of the molecule is COc1ccc(COC(=O)C(N2C(=O)[C@H]([C@@H](C)O[Si](C)(C)C)[C@H]2[C@H](CC#N)[C@H](O)CSc2nncs2)=P(c2ccccc2)(c2ccccc2)c2ccccc2)cc1. The van der Waals surface area contributed by atoms with Crippen molar-refractivity contribution in [3.63, 3.8) is 0 Å². The predicted octanol–water partition coefficient (Wildman–Crippen LogP) is 6.46. The van der Waals surface area contributed by atoms with Crippen LogP contribution in [0.3, 0.4) is 0 Å². The van der Waals surface area contributed by atoms with Gasteiger partial charge in [-0.1, -0.05) is 126 Å². The van der Waals surface area contributed by atoms with Gasteiger partial charge in [0.25, 0.3) is 0 Å². The van der Waals surface area contributed by atoms with E-state index in [0.717, 1.165) is 21.5 Å². The lowest BCUT2D eigenvalue weighted by Gasteiger charge is -2.55. The number of carbonyl (C=O) groups excluding carboxylic acids is 2. The summed E-state index contributed by atoms with van der Waals surface area (Å²) in [5, 5.41) is 33.0. The van der Waals surface area contributed by atoms with Gasteiger partial charge in [0.15, 0.2) is 12.7 Å². The van der Waals surface area contributed by atoms with Crippen molar-refractivity contribution in [3.8, 4) is 11.8 Å². The van der Waals surface area contributed by atoms with Crippen molar-refractivity contribution in [3.05, 3.63) is 126 Å². The number of hydrogen-bond donors (Lipinski definition) is 1. The lowest BCUT2D eigenvalue weighted by Crippen LogP contribution is -2.72. The monoisotopic (exact) mass is 838 g/mol. The van der Waals surface area contributed by atoms with Crippen LogP contribution in [0.1, 0.15) is 18.9 Å². The van der Waals surface area contributed by atoms with E-state index in [0.29, 0.717) is 10.1 Å². The molecule has 1 fully saturated rings. The zero-order valence-corrected chi connectivity index (χ0v) is 36.1. The highest BCUT2D eigenvalue weighted by atomic mass is 32.2. The second-order valence-electron chi connectivity index (χ2n) is 14.7. The number of aliphatic hydroxyl groups is 1. The van der Waals surface area contributed by atoms with Crippen LogP contribution in [-0.2, 0) is 25.4 Å². The Kier molecular flexibility index (Phi) is 13.9. The Morgan fingerprint density at radius 2 is 1.51 bits per heavy atom. The van der Waals surface area contributed by atoms with Crippen LogP contribution in [0.4, 0.5) is 0 Å². The molecule has 5 aromatic rings. The van der Waals surface area contributed by atoms with Crippen LogP contribution < -0.4 is 20.7 Å². The standard InChI is InChI=1S/C43H47N4O6PS2Si/c1-30(53-57(3,4)5)38-39(36(25-26-44)37(48)28-55-43-46-45-29-56-43)47(40(38)49)41(42(50)52-27-31-21-23-32(51-2)24-22-31)54(33-15-9-6-10-16-33,34-17-11-7-12-18-34)35-19-13-8-14-20-35/h6-24,29-30,36-39,48H,25,27-28H2,1-5H3/t30-,36-,37-,38-,39-/m1/s1. The average molecular weight is 839 g/mol. The molecule has 5 atom stereocenters. The number of rotatable bonds is 17. The molecule has 0 spiro atoms. The van der Waals surface area contributed by atoms with Crippen molar-refractivity contribution < 1.29 is 28.6 Å². The molecule has 4 aromatic carbocycles. The molecule has 0 radical (unpaired) electrons. The Morgan fingerprint density at radius 3 is 1.98 bits per heavy atom. The topological polar surface area (TPSA) is 135 Å². The van der Waals surface area contributed by atoms with E-state index in [1.165, 1.54) is 23.1 Å². The Balaban J connectivity index is 1.64. The van der Waals surface area contributed by atoms with Crippen LogP contribution in [0.15, 0.2) is 125 Å². The Hall–Kier alpha value is -4.54. The van der Waals surface area contributed by atoms with Crippen molar-refractivity contribution in [2.24, 2.45) is 11.8 Å². The molecule has 10 nitrogen and oxygen atoms in total. The van der Waals surface area contributed by atoms with Crippen LogP contribution in [0, 0.1) is 23.2 Å². The number of carbonyl (C=O) groups is 2. The summed E-state index contributed by atoms with van der Waals surface area (Å²) in [5.74, 6) is -1.64. The number of esters is 1. The summed E-state index contributed by atoms with van der Waals surface area (Å²) < 4.78 is 18.9. The fourth-order valence-electron chi connectivity index (χ4n) is 7.54. The lowest BCUT2D eigenvalue weighted by atomic mass is 9.73. The number of ether oxygens (including phenoxy) is 2. The van der Waals surface area contributed by atoms with Gasteiger partial charge in [0.05, 0.1) is 37.3 Å². The van der Waals surface area contributed by atoms with Gasteiger partial charge in [-0.2, -0.15) is 5.26 Å². The zero-order valence-electron chi connectivity index (χ0n) is 32.6. The first-order valence-corrected chi connectivity index (χ1v) is 25.7. The number of methoxy groups -OCH3 is 1. The van der Waals surface area contributed by atoms with Crippen LogP contribution in [-0.4, -0.2) is 76.9 Å². The molecule has 1 aromatic heterocycles. The highest BCUT2D eigenvalue weighted by Crippen LogP contribution is 2.51. The van der Waals surface area contributed by atoms with E-state index >= 15 is 9.59 Å². The van der Waals surface area contributed by atoms with Crippen molar-refractivity contribution in [1.29, 1.82) is 5.26 Å². The van der Waals surface area contributed by atoms with Crippen molar-refractivity contribution >= 4 is 71.5 Å². The molecule has 6 rings (SSSR count). The number of likely N-dealkylation sites (tertiary alicyclic amines) is 1. The number of β-lactam (4-membered cyclic amide) rings is 1. The largest absolute Gasteiger partial charge is 0.497 e. The summed E-state index contributed by atoms with van der Waals surface area (Å²) in [6.45, 7) is 4.71. The second kappa shape index (κ2) is 18.8. The van der Waals surface area contributed by atoms with E-state index in [1.54, 1.807) is 29.7 Å². The number of nitrogens with zero attached hydrogens (tertiary/aromatic N) is 4. The van der Waals surface area contributed by atoms with Gasteiger partial charge in [-0.25, -0.2) is 4.79 Å². The van der Waals surface area contributed by atoms with Gasteiger partial charge in [0.2, 0.25) is 5.91 Å². The first-order chi connectivity index (χ1) is 27.5. The Bertz CT molecular complexity index is 2100. The molecule has 0 unspecified atom stereocenters. The summed E-state index contributed by atoms with van der Waals surface area (Å²) in [7, 11) is -0.608. The molecule has 0 bridgehead atoms. The fourth-order valence-corrected chi connectivity index (χ4v) is 14.7. The molecule has 1 amide bonds. The zero-order chi connectivity index (χ0) is 40.6. The molecule has 1 saturated heterocycles. The molecule has 2 heterocycles. The molecule has 1 aliphatic heterocycles. The van der Waals surface area contributed by atoms with Gasteiger partial charge in [-0.3, -0.25) is 4.79 Å². The molecule has 14 heteroatoms. The van der Waals surface area contributed by atoms with E-state index in [2.05, 4.69) is 35.9 Å². The number of thioether (sulfide) groups is 1. The minimum absolute atomic E-state index is 0.0707. The Labute approximate surface area is 343 Å². The number of nitriles is 1. The lowest BCUT2D eigenvalue weighted by molar-refractivity contribution is -0.163. The van der Waals surface area contributed by atoms with Gasteiger partial charge >= 0.3 is 5.97 Å². The fraction of sp³-hybridized carbons (Fsp3) is 0.302. The summed E-state index contributed by atoms with van der Waals surface area (Å²) in [6.07, 6.45) is -1.70. The van der Waals surface area contributed by atoms with Crippen LogP contribution in [0.25, 0.3) is 0 Å². The maximum absolute atomic E-state index is 15.4. The van der Waals surface area contributed by atoms with Gasteiger partial charge in [-0.15, -0.1) is 10.2 Å². The molecule has 296 valence electrons. The number of benzene rings is 4. The first-order valence-electron chi connectivity index (χ1n) is 18.7. The van der Waals surface area contributed by atoms with Crippen molar-refractivity contribution in [2.75, 3.05) is 12.9 Å². The van der Waals surface area contributed by atoms with E-state index < -0.39 is 51.3 Å². The maximum atomic E-state index is 15.4. The Morgan fingerprint density at radius 1 is 0.947 bits per heavy atom. The highest BCUT2D eigenvalue weighted by molar-refractivity contribution is 8.01. The maximum Gasteiger partial charge on any atom is 0.356 e. The van der Waals surface area contributed by atoms with Gasteiger partial charge in [0.1, 0.15) is 23.3 Å². The molecule has 57 heavy (non-hydrogen) atoms. The molecular formula is C43H47N4O6PS2Si.